The van der Waals surface area contributed by atoms with Crippen molar-refractivity contribution in [2.45, 2.75) is 39.7 Å². The molecule has 0 bridgehead atoms. The standard InChI is InChI=1S/C24H34N2O/c1-20(2)23-11-10-21(3)18-24(23)27-17-7-12-25-13-15-26(16-14-25)19-22-8-5-4-6-9-22/h4-6,8-11,18,20H,7,12-17,19H2,1-3H3. The third kappa shape index (κ3) is 6.08. The summed E-state index contributed by atoms with van der Waals surface area (Å²) in [6.45, 7) is 14.2. The molecule has 0 unspecified atom stereocenters. The first kappa shape index (κ1) is 19.9. The molecule has 27 heavy (non-hydrogen) atoms. The highest BCUT2D eigenvalue weighted by molar-refractivity contribution is 5.39. The second kappa shape index (κ2) is 9.91. The molecular formula is C24H34N2O. The van der Waals surface area contributed by atoms with Gasteiger partial charge in [0.15, 0.2) is 0 Å². The third-order valence-electron chi connectivity index (χ3n) is 5.38. The zero-order chi connectivity index (χ0) is 19.1. The Morgan fingerprint density at radius 2 is 1.63 bits per heavy atom. The molecule has 0 amide bonds. The summed E-state index contributed by atoms with van der Waals surface area (Å²) in [6.07, 6.45) is 1.09. The zero-order valence-electron chi connectivity index (χ0n) is 17.2. The molecule has 0 spiro atoms. The van der Waals surface area contributed by atoms with Crippen LogP contribution in [0, 0.1) is 6.92 Å². The lowest BCUT2D eigenvalue weighted by molar-refractivity contribution is 0.121. The summed E-state index contributed by atoms with van der Waals surface area (Å²) in [6, 6.07) is 17.4. The van der Waals surface area contributed by atoms with Crippen LogP contribution in [0.1, 0.15) is 42.9 Å². The van der Waals surface area contributed by atoms with E-state index in [1.807, 2.05) is 0 Å². The van der Waals surface area contributed by atoms with Crippen LogP contribution in [-0.4, -0.2) is 49.1 Å². The van der Waals surface area contributed by atoms with E-state index in [-0.39, 0.29) is 0 Å². The van der Waals surface area contributed by atoms with Crippen molar-refractivity contribution < 1.29 is 4.74 Å². The van der Waals surface area contributed by atoms with Gasteiger partial charge >= 0.3 is 0 Å². The molecule has 2 aromatic carbocycles. The van der Waals surface area contributed by atoms with Gasteiger partial charge in [-0.1, -0.05) is 56.3 Å². The molecule has 146 valence electrons. The van der Waals surface area contributed by atoms with Crippen molar-refractivity contribution >= 4 is 0 Å². The number of piperazine rings is 1. The van der Waals surface area contributed by atoms with Crippen LogP contribution in [0.3, 0.4) is 0 Å². The largest absolute Gasteiger partial charge is 0.493 e. The number of nitrogens with zero attached hydrogens (tertiary/aromatic N) is 2. The van der Waals surface area contributed by atoms with Crippen molar-refractivity contribution in [1.29, 1.82) is 0 Å². The molecular weight excluding hydrogens is 332 g/mol. The van der Waals surface area contributed by atoms with Crippen molar-refractivity contribution in [2.75, 3.05) is 39.3 Å². The van der Waals surface area contributed by atoms with E-state index in [4.69, 9.17) is 4.74 Å². The molecule has 3 rings (SSSR count). The molecule has 1 fully saturated rings. The van der Waals surface area contributed by atoms with E-state index in [1.54, 1.807) is 0 Å². The number of benzene rings is 2. The molecule has 0 aliphatic carbocycles. The highest BCUT2D eigenvalue weighted by Crippen LogP contribution is 2.27. The second-order valence-electron chi connectivity index (χ2n) is 8.00. The molecule has 3 nitrogen and oxygen atoms in total. The quantitative estimate of drug-likeness (QED) is 0.630. The first-order valence-corrected chi connectivity index (χ1v) is 10.3. The molecule has 0 aromatic heterocycles. The minimum atomic E-state index is 0.498. The number of hydrogen-bond donors (Lipinski definition) is 0. The van der Waals surface area contributed by atoms with Crippen LogP contribution in [0.15, 0.2) is 48.5 Å². The molecule has 1 heterocycles. The maximum absolute atomic E-state index is 6.13. The van der Waals surface area contributed by atoms with Gasteiger partial charge in [-0.05, 0) is 42.0 Å². The van der Waals surface area contributed by atoms with E-state index >= 15 is 0 Å². The minimum absolute atomic E-state index is 0.498. The van der Waals surface area contributed by atoms with E-state index in [0.717, 1.165) is 58.0 Å². The number of ether oxygens (including phenoxy) is 1. The lowest BCUT2D eigenvalue weighted by Crippen LogP contribution is -2.46. The minimum Gasteiger partial charge on any atom is -0.493 e. The summed E-state index contributed by atoms with van der Waals surface area (Å²) < 4.78 is 6.13. The van der Waals surface area contributed by atoms with Crippen LogP contribution < -0.4 is 4.74 Å². The van der Waals surface area contributed by atoms with Crippen molar-refractivity contribution in [3.63, 3.8) is 0 Å². The predicted molar refractivity (Wildman–Crippen MR) is 114 cm³/mol. The molecule has 0 saturated carbocycles. The van der Waals surface area contributed by atoms with Crippen LogP contribution >= 0.6 is 0 Å². The van der Waals surface area contributed by atoms with Gasteiger partial charge < -0.3 is 9.64 Å². The summed E-state index contributed by atoms with van der Waals surface area (Å²) in [5.74, 6) is 1.57. The first-order valence-electron chi connectivity index (χ1n) is 10.3. The maximum atomic E-state index is 6.13. The van der Waals surface area contributed by atoms with Crippen LogP contribution in [0.2, 0.25) is 0 Å². The van der Waals surface area contributed by atoms with E-state index < -0.39 is 0 Å². The van der Waals surface area contributed by atoms with Gasteiger partial charge in [0.25, 0.3) is 0 Å². The fourth-order valence-electron chi connectivity index (χ4n) is 3.73. The van der Waals surface area contributed by atoms with Crippen LogP contribution in [0.25, 0.3) is 0 Å². The van der Waals surface area contributed by atoms with Crippen LogP contribution in [0.5, 0.6) is 5.75 Å². The van der Waals surface area contributed by atoms with Gasteiger partial charge in [0.2, 0.25) is 0 Å². The third-order valence-corrected chi connectivity index (χ3v) is 5.38. The molecule has 1 aliphatic rings. The second-order valence-corrected chi connectivity index (χ2v) is 8.00. The predicted octanol–water partition coefficient (Wildman–Crippen LogP) is 4.71. The Morgan fingerprint density at radius 1 is 0.926 bits per heavy atom. The van der Waals surface area contributed by atoms with Gasteiger partial charge in [-0.15, -0.1) is 0 Å². The molecule has 3 heteroatoms. The summed E-state index contributed by atoms with van der Waals surface area (Å²) in [5.41, 5.74) is 4.00. The first-order chi connectivity index (χ1) is 13.1. The Bertz CT molecular complexity index is 691. The van der Waals surface area contributed by atoms with Gasteiger partial charge in [-0.25, -0.2) is 0 Å². The van der Waals surface area contributed by atoms with Gasteiger partial charge in [0.1, 0.15) is 5.75 Å². The average Bonchev–Trinajstić information content (AvgIpc) is 2.67. The monoisotopic (exact) mass is 366 g/mol. The molecule has 0 N–H and O–H groups in total. The van der Waals surface area contributed by atoms with Gasteiger partial charge in [0.05, 0.1) is 6.61 Å². The normalized spacial score (nSPS) is 16.0. The number of aryl methyl sites for hydroxylation is 1. The Labute approximate surface area is 164 Å². The van der Waals surface area contributed by atoms with Crippen molar-refractivity contribution in [3.8, 4) is 5.75 Å². The highest BCUT2D eigenvalue weighted by atomic mass is 16.5. The Hall–Kier alpha value is -1.84. The molecule has 1 saturated heterocycles. The zero-order valence-corrected chi connectivity index (χ0v) is 17.2. The van der Waals surface area contributed by atoms with Gasteiger partial charge in [0, 0.05) is 39.3 Å². The number of hydrogen-bond acceptors (Lipinski definition) is 3. The Balaban J connectivity index is 1.37. The van der Waals surface area contributed by atoms with E-state index in [0.29, 0.717) is 5.92 Å². The molecule has 0 radical (unpaired) electrons. The molecule has 2 aromatic rings. The summed E-state index contributed by atoms with van der Waals surface area (Å²) in [5, 5.41) is 0. The lowest BCUT2D eigenvalue weighted by Gasteiger charge is -2.34. The Kier molecular flexibility index (Phi) is 7.31. The smallest absolute Gasteiger partial charge is 0.122 e. The van der Waals surface area contributed by atoms with Gasteiger partial charge in [-0.3, -0.25) is 4.90 Å². The lowest BCUT2D eigenvalue weighted by atomic mass is 10.0. The average molecular weight is 367 g/mol. The summed E-state index contributed by atoms with van der Waals surface area (Å²) in [7, 11) is 0. The Morgan fingerprint density at radius 3 is 2.33 bits per heavy atom. The van der Waals surface area contributed by atoms with Crippen molar-refractivity contribution in [3.05, 3.63) is 65.2 Å². The van der Waals surface area contributed by atoms with Crippen LogP contribution in [-0.2, 0) is 6.54 Å². The number of rotatable bonds is 8. The molecule has 0 atom stereocenters. The van der Waals surface area contributed by atoms with E-state index in [1.165, 1.54) is 16.7 Å². The fraction of sp³-hybridized carbons (Fsp3) is 0.500. The summed E-state index contributed by atoms with van der Waals surface area (Å²) >= 11 is 0. The summed E-state index contributed by atoms with van der Waals surface area (Å²) in [4.78, 5) is 5.13. The topological polar surface area (TPSA) is 15.7 Å². The van der Waals surface area contributed by atoms with E-state index in [2.05, 4.69) is 79.1 Å². The van der Waals surface area contributed by atoms with E-state index in [9.17, 15) is 0 Å². The fourth-order valence-corrected chi connectivity index (χ4v) is 3.73. The van der Waals surface area contributed by atoms with Crippen molar-refractivity contribution in [1.82, 2.24) is 9.80 Å². The van der Waals surface area contributed by atoms with Crippen LogP contribution in [0.4, 0.5) is 0 Å². The van der Waals surface area contributed by atoms with Gasteiger partial charge in [-0.2, -0.15) is 0 Å². The molecule has 1 aliphatic heterocycles. The SMILES string of the molecule is Cc1ccc(C(C)C)c(OCCCN2CCN(Cc3ccccc3)CC2)c1. The highest BCUT2D eigenvalue weighted by Gasteiger charge is 2.16. The van der Waals surface area contributed by atoms with Crippen molar-refractivity contribution in [2.24, 2.45) is 0 Å². The maximum Gasteiger partial charge on any atom is 0.122 e.